The van der Waals surface area contributed by atoms with Gasteiger partial charge < -0.3 is 15.4 Å². The summed E-state index contributed by atoms with van der Waals surface area (Å²) >= 11 is 5.08. The number of para-hydroxylation sites is 1. The van der Waals surface area contributed by atoms with E-state index in [9.17, 15) is 4.79 Å². The van der Waals surface area contributed by atoms with E-state index < -0.39 is 0 Å². The molecule has 0 aliphatic rings. The van der Waals surface area contributed by atoms with Crippen molar-refractivity contribution in [2.75, 3.05) is 6.61 Å². The molecule has 0 bridgehead atoms. The summed E-state index contributed by atoms with van der Waals surface area (Å²) in [7, 11) is 0. The number of carbonyl (C=O) groups is 1. The normalized spacial score (nSPS) is 11.1. The lowest BCUT2D eigenvalue weighted by atomic mass is 10.0. The summed E-state index contributed by atoms with van der Waals surface area (Å²) in [5, 5.41) is 5.95. The average molecular weight is 308 g/mol. The Hall–Kier alpha value is -1.62. The van der Waals surface area contributed by atoms with E-state index in [1.54, 1.807) is 0 Å². The highest BCUT2D eigenvalue weighted by atomic mass is 32.1. The Labute approximate surface area is 132 Å². The first kappa shape index (κ1) is 17.4. The van der Waals surface area contributed by atoms with Gasteiger partial charge in [-0.2, -0.15) is 0 Å². The molecule has 0 atom stereocenters. The molecule has 0 unspecified atom stereocenters. The highest BCUT2D eigenvalue weighted by molar-refractivity contribution is 7.80. The largest absolute Gasteiger partial charge is 0.483 e. The zero-order valence-electron chi connectivity index (χ0n) is 13.3. The predicted molar refractivity (Wildman–Crippen MR) is 89.7 cm³/mol. The van der Waals surface area contributed by atoms with E-state index in [2.05, 4.69) is 24.5 Å². The molecule has 0 aliphatic heterocycles. The third-order valence-corrected chi connectivity index (χ3v) is 2.85. The first-order valence-corrected chi connectivity index (χ1v) is 7.43. The van der Waals surface area contributed by atoms with Gasteiger partial charge in [-0.15, -0.1) is 0 Å². The third kappa shape index (κ3) is 6.58. The van der Waals surface area contributed by atoms with E-state index in [-0.39, 0.29) is 18.1 Å². The molecule has 5 heteroatoms. The number of hydrogen-bond donors (Lipinski definition) is 2. The van der Waals surface area contributed by atoms with Gasteiger partial charge >= 0.3 is 0 Å². The molecule has 0 saturated carbocycles. The van der Waals surface area contributed by atoms with Gasteiger partial charge in [0.05, 0.1) is 0 Å². The summed E-state index contributed by atoms with van der Waals surface area (Å²) in [6.07, 6.45) is 0. The van der Waals surface area contributed by atoms with Crippen molar-refractivity contribution in [2.45, 2.75) is 46.1 Å². The second-order valence-corrected chi connectivity index (χ2v) is 6.64. The lowest BCUT2D eigenvalue weighted by Crippen LogP contribution is -2.49. The molecule has 1 aromatic rings. The van der Waals surface area contributed by atoms with Crippen molar-refractivity contribution in [3.8, 4) is 5.75 Å². The number of amides is 1. The van der Waals surface area contributed by atoms with E-state index in [0.29, 0.717) is 11.0 Å². The number of benzene rings is 1. The van der Waals surface area contributed by atoms with Crippen LogP contribution in [-0.2, 0) is 4.79 Å². The Bertz CT molecular complexity index is 507. The summed E-state index contributed by atoms with van der Waals surface area (Å²) < 4.78 is 5.59. The zero-order valence-corrected chi connectivity index (χ0v) is 14.1. The van der Waals surface area contributed by atoms with E-state index in [1.165, 1.54) is 0 Å². The summed E-state index contributed by atoms with van der Waals surface area (Å²) in [5.41, 5.74) is 0.899. The Balaban J connectivity index is 2.52. The number of carbonyl (C=O) groups excluding carboxylic acids is 1. The van der Waals surface area contributed by atoms with Gasteiger partial charge in [0.25, 0.3) is 5.91 Å². The SMILES string of the molecule is CC(C)c1ccccc1OCC(=O)NC(=S)NC(C)(C)C. The molecule has 1 amide bonds. The van der Waals surface area contributed by atoms with Crippen LogP contribution in [0.4, 0.5) is 0 Å². The second-order valence-electron chi connectivity index (χ2n) is 6.23. The van der Waals surface area contributed by atoms with Gasteiger partial charge in [0.2, 0.25) is 0 Å². The predicted octanol–water partition coefficient (Wildman–Crippen LogP) is 2.98. The molecule has 1 aromatic carbocycles. The van der Waals surface area contributed by atoms with Crippen molar-refractivity contribution in [1.82, 2.24) is 10.6 Å². The molecule has 0 heterocycles. The summed E-state index contributed by atoms with van der Waals surface area (Å²) in [5.74, 6) is 0.806. The first-order chi connectivity index (χ1) is 9.69. The minimum Gasteiger partial charge on any atom is -0.483 e. The molecular formula is C16H24N2O2S. The maximum absolute atomic E-state index is 11.8. The lowest BCUT2D eigenvalue weighted by molar-refractivity contribution is -0.121. The molecule has 21 heavy (non-hydrogen) atoms. The fourth-order valence-electron chi connectivity index (χ4n) is 1.77. The standard InChI is InChI=1S/C16H24N2O2S/c1-11(2)12-8-6-7-9-13(12)20-10-14(19)17-15(21)18-16(3,4)5/h6-9,11H,10H2,1-5H3,(H2,17,18,19,21). The molecule has 2 N–H and O–H groups in total. The van der Waals surface area contributed by atoms with Crippen LogP contribution in [0.2, 0.25) is 0 Å². The Kier molecular flexibility index (Phi) is 6.15. The van der Waals surface area contributed by atoms with Gasteiger partial charge in [-0.1, -0.05) is 32.0 Å². The number of ether oxygens (including phenoxy) is 1. The molecule has 4 nitrogen and oxygen atoms in total. The van der Waals surface area contributed by atoms with Gasteiger partial charge in [0.1, 0.15) is 5.75 Å². The number of rotatable bonds is 4. The Morgan fingerprint density at radius 1 is 1.29 bits per heavy atom. The quantitative estimate of drug-likeness (QED) is 0.840. The van der Waals surface area contributed by atoms with Gasteiger partial charge in [-0.05, 0) is 50.5 Å². The van der Waals surface area contributed by atoms with Crippen LogP contribution in [0.5, 0.6) is 5.75 Å². The topological polar surface area (TPSA) is 50.4 Å². The van der Waals surface area contributed by atoms with Crippen molar-refractivity contribution in [1.29, 1.82) is 0 Å². The van der Waals surface area contributed by atoms with E-state index in [4.69, 9.17) is 17.0 Å². The zero-order chi connectivity index (χ0) is 16.0. The van der Waals surface area contributed by atoms with Crippen LogP contribution in [-0.4, -0.2) is 23.2 Å². The molecule has 0 aliphatic carbocycles. The van der Waals surface area contributed by atoms with Crippen molar-refractivity contribution in [2.24, 2.45) is 0 Å². The minimum atomic E-state index is -0.268. The summed E-state index contributed by atoms with van der Waals surface area (Å²) in [4.78, 5) is 11.8. The molecule has 1 rings (SSSR count). The van der Waals surface area contributed by atoms with E-state index >= 15 is 0 Å². The second kappa shape index (κ2) is 7.41. The average Bonchev–Trinajstić information content (AvgIpc) is 2.34. The molecular weight excluding hydrogens is 284 g/mol. The molecule has 0 radical (unpaired) electrons. The number of nitrogens with one attached hydrogen (secondary N) is 2. The first-order valence-electron chi connectivity index (χ1n) is 7.03. The molecule has 116 valence electrons. The Morgan fingerprint density at radius 3 is 2.48 bits per heavy atom. The van der Waals surface area contributed by atoms with Crippen molar-refractivity contribution in [3.05, 3.63) is 29.8 Å². The highest BCUT2D eigenvalue weighted by Gasteiger charge is 2.14. The highest BCUT2D eigenvalue weighted by Crippen LogP contribution is 2.25. The number of thiocarbonyl (C=S) groups is 1. The van der Waals surface area contributed by atoms with E-state index in [0.717, 1.165) is 11.3 Å². The maximum atomic E-state index is 11.8. The monoisotopic (exact) mass is 308 g/mol. The van der Waals surface area contributed by atoms with Crippen LogP contribution < -0.4 is 15.4 Å². The summed E-state index contributed by atoms with van der Waals surface area (Å²) in [6.45, 7) is 10.0. The van der Waals surface area contributed by atoms with Crippen LogP contribution in [0.15, 0.2) is 24.3 Å². The van der Waals surface area contributed by atoms with Gasteiger partial charge in [0.15, 0.2) is 11.7 Å². The van der Waals surface area contributed by atoms with Gasteiger partial charge in [-0.25, -0.2) is 0 Å². The van der Waals surface area contributed by atoms with Crippen LogP contribution in [0, 0.1) is 0 Å². The lowest BCUT2D eigenvalue weighted by Gasteiger charge is -2.22. The van der Waals surface area contributed by atoms with Gasteiger partial charge in [0, 0.05) is 5.54 Å². The fourth-order valence-corrected chi connectivity index (χ4v) is 2.19. The van der Waals surface area contributed by atoms with Crippen LogP contribution >= 0.6 is 12.2 Å². The molecule has 0 fully saturated rings. The fraction of sp³-hybridized carbons (Fsp3) is 0.500. The van der Waals surface area contributed by atoms with Crippen molar-refractivity contribution in [3.63, 3.8) is 0 Å². The van der Waals surface area contributed by atoms with E-state index in [1.807, 2.05) is 45.0 Å². The number of hydrogen-bond acceptors (Lipinski definition) is 3. The van der Waals surface area contributed by atoms with Crippen LogP contribution in [0.3, 0.4) is 0 Å². The molecule has 0 aromatic heterocycles. The minimum absolute atomic E-state index is 0.0598. The van der Waals surface area contributed by atoms with Gasteiger partial charge in [-0.3, -0.25) is 4.79 Å². The maximum Gasteiger partial charge on any atom is 0.264 e. The smallest absolute Gasteiger partial charge is 0.264 e. The summed E-state index contributed by atoms with van der Waals surface area (Å²) in [6, 6.07) is 7.73. The van der Waals surface area contributed by atoms with Crippen molar-refractivity contribution < 1.29 is 9.53 Å². The van der Waals surface area contributed by atoms with Crippen molar-refractivity contribution >= 4 is 23.2 Å². The third-order valence-electron chi connectivity index (χ3n) is 2.64. The van der Waals surface area contributed by atoms with Crippen LogP contribution in [0.25, 0.3) is 0 Å². The molecule has 0 spiro atoms. The molecule has 0 saturated heterocycles. The Morgan fingerprint density at radius 2 is 1.90 bits per heavy atom. The van der Waals surface area contributed by atoms with Crippen LogP contribution in [0.1, 0.15) is 46.1 Å².